The lowest BCUT2D eigenvalue weighted by Crippen LogP contribution is -2.38. The number of fused-ring (bicyclic) bond motifs is 1. The smallest absolute Gasteiger partial charge is 0.254 e. The van der Waals surface area contributed by atoms with Crippen LogP contribution in [0.25, 0.3) is 0 Å². The van der Waals surface area contributed by atoms with E-state index in [0.29, 0.717) is 18.5 Å². The lowest BCUT2D eigenvalue weighted by atomic mass is 9.99. The Balaban J connectivity index is 2.27. The quantitative estimate of drug-likeness (QED) is 0.755. The maximum absolute atomic E-state index is 13.9. The van der Waals surface area contributed by atoms with Crippen molar-refractivity contribution in [3.8, 4) is 0 Å². The number of nitrogens with one attached hydrogen (secondary N) is 2. The SMILES string of the molecule is C[C@@H](CN)NC(=O)c1cc2c(cc1F)NC(=O)CC2. The summed E-state index contributed by atoms with van der Waals surface area (Å²) in [6, 6.07) is 2.46. The molecule has 2 amide bonds. The van der Waals surface area contributed by atoms with Crippen LogP contribution in [-0.4, -0.2) is 24.4 Å². The molecule has 0 aromatic heterocycles. The van der Waals surface area contributed by atoms with Gasteiger partial charge in [-0.2, -0.15) is 0 Å². The highest BCUT2D eigenvalue weighted by Gasteiger charge is 2.21. The van der Waals surface area contributed by atoms with Gasteiger partial charge in [0, 0.05) is 24.7 Å². The molecule has 102 valence electrons. The minimum Gasteiger partial charge on any atom is -0.348 e. The highest BCUT2D eigenvalue weighted by molar-refractivity contribution is 5.98. The van der Waals surface area contributed by atoms with Crippen LogP contribution in [-0.2, 0) is 11.2 Å². The highest BCUT2D eigenvalue weighted by Crippen LogP contribution is 2.25. The molecule has 2 rings (SSSR count). The molecule has 6 heteroatoms. The first-order chi connectivity index (χ1) is 9.01. The Labute approximate surface area is 110 Å². The third-order valence-electron chi connectivity index (χ3n) is 3.06. The number of aryl methyl sites for hydroxylation is 1. The lowest BCUT2D eigenvalue weighted by molar-refractivity contribution is -0.116. The van der Waals surface area contributed by atoms with Crippen molar-refractivity contribution >= 4 is 17.5 Å². The number of rotatable bonds is 3. The summed E-state index contributed by atoms with van der Waals surface area (Å²) in [6.07, 6.45) is 0.854. The van der Waals surface area contributed by atoms with Gasteiger partial charge in [0.2, 0.25) is 5.91 Å². The summed E-state index contributed by atoms with van der Waals surface area (Å²) in [4.78, 5) is 23.1. The molecule has 1 aromatic carbocycles. The van der Waals surface area contributed by atoms with E-state index in [4.69, 9.17) is 5.73 Å². The largest absolute Gasteiger partial charge is 0.348 e. The maximum atomic E-state index is 13.9. The van der Waals surface area contributed by atoms with Gasteiger partial charge in [-0.05, 0) is 31.0 Å². The van der Waals surface area contributed by atoms with Crippen molar-refractivity contribution in [2.24, 2.45) is 5.73 Å². The second kappa shape index (κ2) is 5.36. The average Bonchev–Trinajstić information content (AvgIpc) is 2.37. The third-order valence-corrected chi connectivity index (χ3v) is 3.06. The molecule has 4 N–H and O–H groups in total. The van der Waals surface area contributed by atoms with Crippen LogP contribution in [0.4, 0.5) is 10.1 Å². The van der Waals surface area contributed by atoms with Gasteiger partial charge in [-0.15, -0.1) is 0 Å². The van der Waals surface area contributed by atoms with E-state index in [2.05, 4.69) is 10.6 Å². The minimum absolute atomic E-state index is 0.0183. The molecule has 0 aliphatic carbocycles. The van der Waals surface area contributed by atoms with Crippen molar-refractivity contribution in [3.05, 3.63) is 29.1 Å². The first-order valence-electron chi connectivity index (χ1n) is 6.14. The molecule has 0 unspecified atom stereocenters. The molecule has 1 atom stereocenters. The fourth-order valence-electron chi connectivity index (χ4n) is 1.94. The van der Waals surface area contributed by atoms with Crippen LogP contribution in [0.2, 0.25) is 0 Å². The zero-order valence-corrected chi connectivity index (χ0v) is 10.6. The normalized spacial score (nSPS) is 15.4. The van der Waals surface area contributed by atoms with Gasteiger partial charge < -0.3 is 16.4 Å². The number of anilines is 1. The molecule has 19 heavy (non-hydrogen) atoms. The van der Waals surface area contributed by atoms with Crippen LogP contribution in [0, 0.1) is 5.82 Å². The molecule has 1 aliphatic heterocycles. The van der Waals surface area contributed by atoms with E-state index in [9.17, 15) is 14.0 Å². The molecule has 0 bridgehead atoms. The second-order valence-corrected chi connectivity index (χ2v) is 4.65. The maximum Gasteiger partial charge on any atom is 0.254 e. The summed E-state index contributed by atoms with van der Waals surface area (Å²) in [5.41, 5.74) is 6.60. The Morgan fingerprint density at radius 1 is 1.53 bits per heavy atom. The van der Waals surface area contributed by atoms with Gasteiger partial charge in [0.1, 0.15) is 5.82 Å². The lowest BCUT2D eigenvalue weighted by Gasteiger charge is -2.18. The molecule has 1 aromatic rings. The predicted molar refractivity (Wildman–Crippen MR) is 69.3 cm³/mol. The molecular formula is C13H16FN3O2. The number of hydrogen-bond acceptors (Lipinski definition) is 3. The fourth-order valence-corrected chi connectivity index (χ4v) is 1.94. The molecule has 1 heterocycles. The van der Waals surface area contributed by atoms with Crippen LogP contribution in [0.5, 0.6) is 0 Å². The van der Waals surface area contributed by atoms with E-state index < -0.39 is 11.7 Å². The number of amides is 2. The Bertz CT molecular complexity index is 531. The van der Waals surface area contributed by atoms with Gasteiger partial charge in [-0.1, -0.05) is 0 Å². The van der Waals surface area contributed by atoms with Crippen LogP contribution >= 0.6 is 0 Å². The van der Waals surface area contributed by atoms with Crippen molar-refractivity contribution in [2.75, 3.05) is 11.9 Å². The Morgan fingerprint density at radius 2 is 2.26 bits per heavy atom. The van der Waals surface area contributed by atoms with Gasteiger partial charge >= 0.3 is 0 Å². The Kier molecular flexibility index (Phi) is 3.80. The first-order valence-corrected chi connectivity index (χ1v) is 6.14. The zero-order chi connectivity index (χ0) is 14.0. The Hall–Kier alpha value is -1.95. The molecule has 0 fully saturated rings. The van der Waals surface area contributed by atoms with E-state index in [-0.39, 0.29) is 24.1 Å². The van der Waals surface area contributed by atoms with Gasteiger partial charge in [-0.25, -0.2) is 4.39 Å². The molecule has 1 aliphatic rings. The van der Waals surface area contributed by atoms with Crippen LogP contribution in [0.3, 0.4) is 0 Å². The number of carbonyl (C=O) groups is 2. The van der Waals surface area contributed by atoms with Crippen molar-refractivity contribution in [1.29, 1.82) is 0 Å². The molecule has 0 radical (unpaired) electrons. The van der Waals surface area contributed by atoms with Crippen molar-refractivity contribution in [3.63, 3.8) is 0 Å². The van der Waals surface area contributed by atoms with Crippen LogP contribution < -0.4 is 16.4 Å². The van der Waals surface area contributed by atoms with E-state index in [1.807, 2.05) is 0 Å². The molecule has 0 spiro atoms. The Morgan fingerprint density at radius 3 is 2.95 bits per heavy atom. The van der Waals surface area contributed by atoms with E-state index >= 15 is 0 Å². The highest BCUT2D eigenvalue weighted by atomic mass is 19.1. The molecule has 0 saturated carbocycles. The van der Waals surface area contributed by atoms with Crippen LogP contribution in [0.1, 0.15) is 29.3 Å². The van der Waals surface area contributed by atoms with Crippen molar-refractivity contribution in [2.45, 2.75) is 25.8 Å². The topological polar surface area (TPSA) is 84.2 Å². The summed E-state index contributed by atoms with van der Waals surface area (Å²) >= 11 is 0. The monoisotopic (exact) mass is 265 g/mol. The van der Waals surface area contributed by atoms with Gasteiger partial charge in [0.25, 0.3) is 5.91 Å². The summed E-state index contributed by atoms with van der Waals surface area (Å²) in [5, 5.41) is 5.20. The van der Waals surface area contributed by atoms with Gasteiger partial charge in [0.05, 0.1) is 5.56 Å². The first kappa shape index (κ1) is 13.5. The molecule has 0 saturated heterocycles. The number of nitrogens with two attached hydrogens (primary N) is 1. The van der Waals surface area contributed by atoms with Crippen molar-refractivity contribution < 1.29 is 14.0 Å². The van der Waals surface area contributed by atoms with Crippen molar-refractivity contribution in [1.82, 2.24) is 5.32 Å². The fraction of sp³-hybridized carbons (Fsp3) is 0.385. The second-order valence-electron chi connectivity index (χ2n) is 4.65. The summed E-state index contributed by atoms with van der Waals surface area (Å²) in [7, 11) is 0. The van der Waals surface area contributed by atoms with Gasteiger partial charge in [0.15, 0.2) is 0 Å². The molecular weight excluding hydrogens is 249 g/mol. The van der Waals surface area contributed by atoms with E-state index in [1.54, 1.807) is 6.92 Å². The summed E-state index contributed by atoms with van der Waals surface area (Å²) in [6.45, 7) is 2.03. The van der Waals surface area contributed by atoms with E-state index in [0.717, 1.165) is 5.56 Å². The number of benzene rings is 1. The third kappa shape index (κ3) is 2.90. The number of halogens is 1. The summed E-state index contributed by atoms with van der Waals surface area (Å²) < 4.78 is 13.9. The van der Waals surface area contributed by atoms with Crippen LogP contribution in [0.15, 0.2) is 12.1 Å². The molecule has 5 nitrogen and oxygen atoms in total. The van der Waals surface area contributed by atoms with Gasteiger partial charge in [-0.3, -0.25) is 9.59 Å². The zero-order valence-electron chi connectivity index (χ0n) is 10.6. The average molecular weight is 265 g/mol. The summed E-state index contributed by atoms with van der Waals surface area (Å²) in [5.74, 6) is -1.28. The standard InChI is InChI=1S/C13H16FN3O2/c1-7(6-15)16-13(19)9-4-8-2-3-12(18)17-11(8)5-10(9)14/h4-5,7H,2-3,6,15H2,1H3,(H,16,19)(H,17,18)/t7-/m0/s1. The number of carbonyl (C=O) groups excluding carboxylic acids is 2. The predicted octanol–water partition coefficient (Wildman–Crippen LogP) is 0.787. The van der Waals surface area contributed by atoms with E-state index in [1.165, 1.54) is 12.1 Å². The minimum atomic E-state index is -0.650. The number of hydrogen-bond donors (Lipinski definition) is 3.